The number of rotatable bonds is 6. The smallest absolute Gasteiger partial charge is 0.332 e. The standard InChI is InChI=1S/C19H25N7O2/c1-6-11-26-15-16(24(4)19(28)25(5)17(15)27)21-18(26)22-20-12-13-7-9-14(10-8-13)23(2)3/h7-10,12H,6,11H2,1-5H3,(H,21,22)/b20-12+. The number of benzene rings is 1. The van der Waals surface area contributed by atoms with Crippen LogP contribution >= 0.6 is 0 Å². The average Bonchev–Trinajstić information content (AvgIpc) is 3.04. The van der Waals surface area contributed by atoms with E-state index < -0.39 is 5.69 Å². The number of hydrazone groups is 1. The molecule has 148 valence electrons. The van der Waals surface area contributed by atoms with Crippen LogP contribution in [0.4, 0.5) is 11.6 Å². The summed E-state index contributed by atoms with van der Waals surface area (Å²) in [6, 6.07) is 7.95. The number of aryl methyl sites for hydroxylation is 2. The van der Waals surface area contributed by atoms with Crippen LogP contribution < -0.4 is 21.6 Å². The van der Waals surface area contributed by atoms with Crippen LogP contribution in [-0.4, -0.2) is 39.0 Å². The predicted molar refractivity (Wildman–Crippen MR) is 112 cm³/mol. The molecule has 0 unspecified atom stereocenters. The van der Waals surface area contributed by atoms with Crippen molar-refractivity contribution in [2.24, 2.45) is 19.2 Å². The minimum atomic E-state index is -0.408. The first kappa shape index (κ1) is 19.4. The summed E-state index contributed by atoms with van der Waals surface area (Å²) in [5.41, 5.74) is 4.91. The Morgan fingerprint density at radius 3 is 2.43 bits per heavy atom. The third kappa shape index (κ3) is 3.42. The number of nitrogens with one attached hydrogen (secondary N) is 1. The molecule has 0 bridgehead atoms. The van der Waals surface area contributed by atoms with Crippen molar-refractivity contribution in [3.8, 4) is 0 Å². The van der Waals surface area contributed by atoms with Gasteiger partial charge in [-0.1, -0.05) is 19.1 Å². The average molecular weight is 383 g/mol. The summed E-state index contributed by atoms with van der Waals surface area (Å²) < 4.78 is 4.23. The van der Waals surface area contributed by atoms with E-state index in [0.29, 0.717) is 23.7 Å². The molecule has 0 aliphatic carbocycles. The van der Waals surface area contributed by atoms with Gasteiger partial charge in [0.05, 0.1) is 6.21 Å². The van der Waals surface area contributed by atoms with Gasteiger partial charge in [-0.25, -0.2) is 10.2 Å². The highest BCUT2D eigenvalue weighted by Gasteiger charge is 2.18. The Labute approximate surface area is 162 Å². The maximum Gasteiger partial charge on any atom is 0.332 e. The lowest BCUT2D eigenvalue weighted by Crippen LogP contribution is -2.37. The summed E-state index contributed by atoms with van der Waals surface area (Å²) in [4.78, 5) is 31.3. The van der Waals surface area contributed by atoms with Gasteiger partial charge in [0.2, 0.25) is 5.95 Å². The second-order valence-corrected chi connectivity index (χ2v) is 6.82. The number of nitrogens with zero attached hydrogens (tertiary/aromatic N) is 6. The number of aromatic nitrogens is 4. The summed E-state index contributed by atoms with van der Waals surface area (Å²) in [6.07, 6.45) is 2.49. The highest BCUT2D eigenvalue weighted by Crippen LogP contribution is 2.16. The zero-order valence-corrected chi connectivity index (χ0v) is 16.8. The molecule has 0 amide bonds. The first-order chi connectivity index (χ1) is 13.3. The minimum Gasteiger partial charge on any atom is -0.378 e. The van der Waals surface area contributed by atoms with Crippen LogP contribution in [-0.2, 0) is 20.6 Å². The monoisotopic (exact) mass is 383 g/mol. The van der Waals surface area contributed by atoms with Crippen LogP contribution in [0.1, 0.15) is 18.9 Å². The molecule has 0 radical (unpaired) electrons. The molecule has 28 heavy (non-hydrogen) atoms. The van der Waals surface area contributed by atoms with E-state index in [2.05, 4.69) is 15.5 Å². The summed E-state index contributed by atoms with van der Waals surface area (Å²) in [5, 5.41) is 4.26. The lowest BCUT2D eigenvalue weighted by atomic mass is 10.2. The van der Waals surface area contributed by atoms with E-state index in [4.69, 9.17) is 0 Å². The van der Waals surface area contributed by atoms with Gasteiger partial charge in [0.15, 0.2) is 11.2 Å². The van der Waals surface area contributed by atoms with E-state index in [9.17, 15) is 9.59 Å². The van der Waals surface area contributed by atoms with E-state index in [1.807, 2.05) is 50.2 Å². The molecule has 0 saturated carbocycles. The quantitative estimate of drug-likeness (QED) is 0.513. The topological polar surface area (TPSA) is 89.5 Å². The van der Waals surface area contributed by atoms with E-state index in [0.717, 1.165) is 22.2 Å². The maximum atomic E-state index is 12.6. The van der Waals surface area contributed by atoms with Crippen molar-refractivity contribution in [1.29, 1.82) is 0 Å². The Bertz CT molecular complexity index is 1130. The summed E-state index contributed by atoms with van der Waals surface area (Å²) in [7, 11) is 7.05. The van der Waals surface area contributed by atoms with Gasteiger partial charge in [0.25, 0.3) is 5.56 Å². The molecule has 0 saturated heterocycles. The number of hydrogen-bond acceptors (Lipinski definition) is 6. The molecule has 9 nitrogen and oxygen atoms in total. The van der Waals surface area contributed by atoms with Gasteiger partial charge in [-0.3, -0.25) is 13.9 Å². The van der Waals surface area contributed by atoms with Crippen LogP contribution in [0.25, 0.3) is 11.2 Å². The fourth-order valence-electron chi connectivity index (χ4n) is 3.00. The molecule has 0 aliphatic heterocycles. The molecule has 0 spiro atoms. The molecule has 1 N–H and O–H groups in total. The van der Waals surface area contributed by atoms with Gasteiger partial charge < -0.3 is 9.47 Å². The highest BCUT2D eigenvalue weighted by atomic mass is 16.2. The molecular weight excluding hydrogens is 358 g/mol. The summed E-state index contributed by atoms with van der Waals surface area (Å²) in [5.74, 6) is 0.427. The lowest BCUT2D eigenvalue weighted by molar-refractivity contribution is 0.679. The Kier molecular flexibility index (Phi) is 5.34. The molecular formula is C19H25N7O2. The highest BCUT2D eigenvalue weighted by molar-refractivity contribution is 5.81. The third-order valence-corrected chi connectivity index (χ3v) is 4.58. The van der Waals surface area contributed by atoms with Crippen LogP contribution in [0.2, 0.25) is 0 Å². The van der Waals surface area contributed by atoms with Crippen molar-refractivity contribution >= 4 is 29.0 Å². The largest absolute Gasteiger partial charge is 0.378 e. The summed E-state index contributed by atoms with van der Waals surface area (Å²) in [6.45, 7) is 2.59. The van der Waals surface area contributed by atoms with Crippen LogP contribution in [0.5, 0.6) is 0 Å². The van der Waals surface area contributed by atoms with Gasteiger partial charge in [0, 0.05) is 40.4 Å². The molecule has 1 aromatic carbocycles. The molecule has 3 aromatic rings. The van der Waals surface area contributed by atoms with E-state index in [1.165, 1.54) is 11.6 Å². The van der Waals surface area contributed by atoms with E-state index in [1.54, 1.807) is 17.8 Å². The van der Waals surface area contributed by atoms with Crippen LogP contribution in [0.15, 0.2) is 39.0 Å². The normalized spacial score (nSPS) is 11.5. The van der Waals surface area contributed by atoms with Gasteiger partial charge >= 0.3 is 5.69 Å². The van der Waals surface area contributed by atoms with Crippen molar-refractivity contribution < 1.29 is 0 Å². The number of fused-ring (bicyclic) bond motifs is 1. The van der Waals surface area contributed by atoms with Crippen LogP contribution in [0, 0.1) is 0 Å². The first-order valence-electron chi connectivity index (χ1n) is 9.07. The molecule has 2 aromatic heterocycles. The van der Waals surface area contributed by atoms with Crippen molar-refractivity contribution in [2.45, 2.75) is 19.9 Å². The SMILES string of the molecule is CCCn1c(N/N=C/c2ccc(N(C)C)cc2)nc2c1c(=O)n(C)c(=O)n2C. The minimum absolute atomic E-state index is 0.342. The molecule has 0 fully saturated rings. The Morgan fingerprint density at radius 1 is 1.14 bits per heavy atom. The molecule has 0 atom stereocenters. The van der Waals surface area contributed by atoms with Gasteiger partial charge in [-0.05, 0) is 24.1 Å². The second-order valence-electron chi connectivity index (χ2n) is 6.82. The zero-order valence-electron chi connectivity index (χ0n) is 16.8. The zero-order chi connectivity index (χ0) is 20.4. The maximum absolute atomic E-state index is 12.6. The summed E-state index contributed by atoms with van der Waals surface area (Å²) >= 11 is 0. The predicted octanol–water partition coefficient (Wildman–Crippen LogP) is 1.36. The number of hydrogen-bond donors (Lipinski definition) is 1. The Morgan fingerprint density at radius 2 is 1.82 bits per heavy atom. The fourth-order valence-corrected chi connectivity index (χ4v) is 3.00. The van der Waals surface area contributed by atoms with Gasteiger partial charge in [-0.15, -0.1) is 0 Å². The number of imidazole rings is 1. The van der Waals surface area contributed by atoms with Crippen molar-refractivity contribution in [2.75, 3.05) is 24.4 Å². The number of anilines is 2. The van der Waals surface area contributed by atoms with E-state index >= 15 is 0 Å². The van der Waals surface area contributed by atoms with Crippen molar-refractivity contribution in [3.05, 3.63) is 50.7 Å². The van der Waals surface area contributed by atoms with Crippen LogP contribution in [0.3, 0.4) is 0 Å². The first-order valence-corrected chi connectivity index (χ1v) is 9.07. The second kappa shape index (κ2) is 7.71. The Balaban J connectivity index is 1.97. The van der Waals surface area contributed by atoms with Gasteiger partial charge in [-0.2, -0.15) is 10.1 Å². The fraction of sp³-hybridized carbons (Fsp3) is 0.368. The van der Waals surface area contributed by atoms with Crippen molar-refractivity contribution in [1.82, 2.24) is 18.7 Å². The van der Waals surface area contributed by atoms with Crippen molar-refractivity contribution in [3.63, 3.8) is 0 Å². The molecule has 9 heteroatoms. The molecule has 0 aliphatic rings. The molecule has 3 rings (SSSR count). The lowest BCUT2D eigenvalue weighted by Gasteiger charge is -2.11. The molecule has 2 heterocycles. The third-order valence-electron chi connectivity index (χ3n) is 4.58. The Hall–Kier alpha value is -3.36. The van der Waals surface area contributed by atoms with E-state index in [-0.39, 0.29) is 5.56 Å². The van der Waals surface area contributed by atoms with Gasteiger partial charge in [0.1, 0.15) is 0 Å².